The Kier molecular flexibility index (Phi) is 6.51. The molecule has 0 aromatic carbocycles. The van der Waals surface area contributed by atoms with E-state index < -0.39 is 0 Å². The average molecular weight is 213 g/mol. The van der Waals surface area contributed by atoms with Gasteiger partial charge in [-0.05, 0) is 24.3 Å². The Balaban J connectivity index is 0.000000583. The van der Waals surface area contributed by atoms with Crippen LogP contribution in [0.3, 0.4) is 0 Å². The molecule has 1 aliphatic heterocycles. The highest BCUT2D eigenvalue weighted by Gasteiger charge is 2.36. The molecule has 15 heavy (non-hydrogen) atoms. The zero-order valence-corrected chi connectivity index (χ0v) is 11.9. The van der Waals surface area contributed by atoms with Crippen molar-refractivity contribution >= 4 is 0 Å². The molecule has 1 nitrogen and oxygen atoms in total. The maximum atomic E-state index is 2.42. The molecular weight excluding hydrogens is 182 g/mol. The van der Waals surface area contributed by atoms with Crippen molar-refractivity contribution in [3.05, 3.63) is 0 Å². The molecule has 1 atom stereocenters. The molecule has 1 heteroatoms. The molecule has 0 radical (unpaired) electrons. The molecule has 0 saturated carbocycles. The van der Waals surface area contributed by atoms with Gasteiger partial charge in [0.15, 0.2) is 0 Å². The first-order valence-corrected chi connectivity index (χ1v) is 6.55. The van der Waals surface area contributed by atoms with Crippen molar-refractivity contribution in [1.82, 2.24) is 4.90 Å². The third kappa shape index (κ3) is 5.01. The van der Waals surface area contributed by atoms with Crippen LogP contribution in [-0.4, -0.2) is 25.0 Å². The van der Waals surface area contributed by atoms with Crippen LogP contribution in [0.2, 0.25) is 0 Å². The van der Waals surface area contributed by atoms with E-state index in [-0.39, 0.29) is 0 Å². The highest BCUT2D eigenvalue weighted by Crippen LogP contribution is 2.38. The first-order valence-electron chi connectivity index (χ1n) is 6.55. The van der Waals surface area contributed by atoms with Crippen LogP contribution in [0.4, 0.5) is 0 Å². The van der Waals surface area contributed by atoms with Crippen molar-refractivity contribution in [2.45, 2.75) is 54.4 Å². The van der Waals surface area contributed by atoms with Gasteiger partial charge in [0.2, 0.25) is 0 Å². The van der Waals surface area contributed by atoms with E-state index in [0.717, 1.165) is 11.8 Å². The molecule has 92 valence electrons. The zero-order valence-electron chi connectivity index (χ0n) is 11.9. The van der Waals surface area contributed by atoms with Crippen LogP contribution in [-0.2, 0) is 0 Å². The Bertz CT molecular complexity index is 151. The molecule has 1 saturated heterocycles. The summed E-state index contributed by atoms with van der Waals surface area (Å²) in [5.41, 5.74) is 0.501. The van der Waals surface area contributed by atoms with Crippen molar-refractivity contribution in [2.75, 3.05) is 20.1 Å². The Morgan fingerprint density at radius 2 is 1.53 bits per heavy atom. The quantitative estimate of drug-likeness (QED) is 0.669. The van der Waals surface area contributed by atoms with Gasteiger partial charge in [0.05, 0.1) is 0 Å². The van der Waals surface area contributed by atoms with Gasteiger partial charge in [-0.15, -0.1) is 0 Å². The number of hydrogen-bond donors (Lipinski definition) is 0. The van der Waals surface area contributed by atoms with Gasteiger partial charge in [0.1, 0.15) is 0 Å². The lowest BCUT2D eigenvalue weighted by atomic mass is 9.69. The summed E-state index contributed by atoms with van der Waals surface area (Å²) >= 11 is 0. The summed E-state index contributed by atoms with van der Waals surface area (Å²) in [5, 5.41) is 0. The lowest BCUT2D eigenvalue weighted by molar-refractivity contribution is 0.0275. The summed E-state index contributed by atoms with van der Waals surface area (Å²) in [6.45, 7) is 16.3. The lowest BCUT2D eigenvalue weighted by Gasteiger charge is -2.46. The first kappa shape index (κ1) is 15.0. The predicted molar refractivity (Wildman–Crippen MR) is 70.2 cm³/mol. The van der Waals surface area contributed by atoms with E-state index in [1.165, 1.54) is 25.9 Å². The predicted octanol–water partition coefficient (Wildman–Crippen LogP) is 4.04. The maximum absolute atomic E-state index is 2.42. The van der Waals surface area contributed by atoms with E-state index in [1.54, 1.807) is 0 Å². The van der Waals surface area contributed by atoms with E-state index >= 15 is 0 Å². The fourth-order valence-corrected chi connectivity index (χ4v) is 2.65. The molecule has 0 N–H and O–H groups in total. The molecule has 0 aromatic heterocycles. The van der Waals surface area contributed by atoms with Gasteiger partial charge in [0.25, 0.3) is 0 Å². The standard InChI is InChI=1S/C11H23N.C3H8/c1-6-10(11(2,3)4)9-7-12(5)8-9;1-3-2/h9-10H,6-8H2,1-5H3;3H2,1-2H3. The van der Waals surface area contributed by atoms with Gasteiger partial charge in [-0.2, -0.15) is 0 Å². The van der Waals surface area contributed by atoms with E-state index in [0.29, 0.717) is 5.41 Å². The summed E-state index contributed by atoms with van der Waals surface area (Å²) in [6, 6.07) is 0. The van der Waals surface area contributed by atoms with Gasteiger partial charge < -0.3 is 4.90 Å². The van der Waals surface area contributed by atoms with E-state index in [1.807, 2.05) is 0 Å². The monoisotopic (exact) mass is 213 g/mol. The Morgan fingerprint density at radius 1 is 1.13 bits per heavy atom. The van der Waals surface area contributed by atoms with Crippen LogP contribution in [0.15, 0.2) is 0 Å². The van der Waals surface area contributed by atoms with E-state index in [9.17, 15) is 0 Å². The van der Waals surface area contributed by atoms with Crippen LogP contribution in [0.5, 0.6) is 0 Å². The molecule has 0 aliphatic carbocycles. The zero-order chi connectivity index (χ0) is 12.1. The van der Waals surface area contributed by atoms with Gasteiger partial charge in [-0.3, -0.25) is 0 Å². The Morgan fingerprint density at radius 3 is 1.73 bits per heavy atom. The fraction of sp³-hybridized carbons (Fsp3) is 1.00. The lowest BCUT2D eigenvalue weighted by Crippen LogP contribution is -2.50. The van der Waals surface area contributed by atoms with E-state index in [2.05, 4.69) is 53.5 Å². The van der Waals surface area contributed by atoms with Crippen molar-refractivity contribution < 1.29 is 0 Å². The van der Waals surface area contributed by atoms with Crippen molar-refractivity contribution in [3.63, 3.8) is 0 Å². The van der Waals surface area contributed by atoms with Crippen molar-refractivity contribution in [2.24, 2.45) is 17.3 Å². The van der Waals surface area contributed by atoms with Gasteiger partial charge in [-0.25, -0.2) is 0 Å². The second-order valence-corrected chi connectivity index (χ2v) is 6.07. The number of rotatable bonds is 2. The minimum Gasteiger partial charge on any atom is -0.306 e. The largest absolute Gasteiger partial charge is 0.306 e. The summed E-state index contributed by atoms with van der Waals surface area (Å²) in [7, 11) is 2.21. The highest BCUT2D eigenvalue weighted by atomic mass is 15.2. The van der Waals surface area contributed by atoms with Crippen LogP contribution < -0.4 is 0 Å². The molecule has 0 amide bonds. The molecule has 1 heterocycles. The summed E-state index contributed by atoms with van der Waals surface area (Å²) in [6.07, 6.45) is 2.59. The minimum absolute atomic E-state index is 0.501. The van der Waals surface area contributed by atoms with Gasteiger partial charge in [-0.1, -0.05) is 54.4 Å². The first-order chi connectivity index (χ1) is 6.86. The third-order valence-corrected chi connectivity index (χ3v) is 3.21. The van der Waals surface area contributed by atoms with Crippen LogP contribution >= 0.6 is 0 Å². The number of likely N-dealkylation sites (tertiary alicyclic amines) is 1. The molecule has 1 aliphatic rings. The molecule has 0 bridgehead atoms. The smallest absolute Gasteiger partial charge is 0.00218 e. The number of hydrogen-bond acceptors (Lipinski definition) is 1. The SMILES string of the molecule is CCC.CCC(C1CN(C)C1)C(C)(C)C. The van der Waals surface area contributed by atoms with Crippen LogP contribution in [0.1, 0.15) is 54.4 Å². The van der Waals surface area contributed by atoms with Gasteiger partial charge in [0, 0.05) is 13.1 Å². The number of nitrogens with zero attached hydrogens (tertiary/aromatic N) is 1. The second kappa shape index (κ2) is 6.52. The van der Waals surface area contributed by atoms with E-state index in [4.69, 9.17) is 0 Å². The second-order valence-electron chi connectivity index (χ2n) is 6.07. The topological polar surface area (TPSA) is 3.24 Å². The van der Waals surface area contributed by atoms with Crippen LogP contribution in [0.25, 0.3) is 0 Å². The fourth-order valence-electron chi connectivity index (χ4n) is 2.65. The van der Waals surface area contributed by atoms with Gasteiger partial charge >= 0.3 is 0 Å². The summed E-state index contributed by atoms with van der Waals surface area (Å²) in [4.78, 5) is 2.42. The normalized spacial score (nSPS) is 20.2. The Hall–Kier alpha value is -0.0400. The average Bonchev–Trinajstić information content (AvgIpc) is 2.01. The minimum atomic E-state index is 0.501. The Labute approximate surface area is 97.2 Å². The maximum Gasteiger partial charge on any atom is 0.00218 e. The molecular formula is C14H31N. The summed E-state index contributed by atoms with van der Waals surface area (Å²) < 4.78 is 0. The van der Waals surface area contributed by atoms with Crippen molar-refractivity contribution in [1.29, 1.82) is 0 Å². The molecule has 1 rings (SSSR count). The van der Waals surface area contributed by atoms with Crippen molar-refractivity contribution in [3.8, 4) is 0 Å². The highest BCUT2D eigenvalue weighted by molar-refractivity contribution is 4.88. The summed E-state index contributed by atoms with van der Waals surface area (Å²) in [5.74, 6) is 1.87. The third-order valence-electron chi connectivity index (χ3n) is 3.21. The molecule has 0 spiro atoms. The molecule has 1 unspecified atom stereocenters. The van der Waals surface area contributed by atoms with Crippen LogP contribution in [0, 0.1) is 17.3 Å². The molecule has 0 aromatic rings. The molecule has 1 fully saturated rings.